The molecule has 20 heavy (non-hydrogen) atoms. The van der Waals surface area contributed by atoms with Gasteiger partial charge in [-0.2, -0.15) is 0 Å². The zero-order valence-electron chi connectivity index (χ0n) is 11.9. The number of carbonyl (C=O) groups is 2. The van der Waals surface area contributed by atoms with Crippen molar-refractivity contribution >= 4 is 11.9 Å². The minimum Gasteiger partial charge on any atom is -0.465 e. The summed E-state index contributed by atoms with van der Waals surface area (Å²) < 4.78 is 10.8. The van der Waals surface area contributed by atoms with Crippen LogP contribution in [-0.2, 0) is 19.1 Å². The lowest BCUT2D eigenvalue weighted by Gasteiger charge is -2.22. The van der Waals surface area contributed by atoms with Crippen LogP contribution in [0.2, 0.25) is 0 Å². The average molecular weight is 282 g/mol. The van der Waals surface area contributed by atoms with Crippen LogP contribution in [0.15, 0.2) is 12.2 Å². The van der Waals surface area contributed by atoms with Crippen molar-refractivity contribution in [2.24, 2.45) is 11.8 Å². The van der Waals surface area contributed by atoms with Gasteiger partial charge in [0, 0.05) is 13.1 Å². The van der Waals surface area contributed by atoms with E-state index in [1.807, 2.05) is 26.1 Å². The molecule has 0 spiro atoms. The number of hydrogen-bond donors (Lipinski definition) is 2. The lowest BCUT2D eigenvalue weighted by Crippen LogP contribution is -2.44. The van der Waals surface area contributed by atoms with Gasteiger partial charge in [0.25, 0.3) is 0 Å². The number of carbonyl (C=O) groups excluding carboxylic acids is 2. The first-order valence-electron chi connectivity index (χ1n) is 7.11. The summed E-state index contributed by atoms with van der Waals surface area (Å²) in [6.45, 7) is 3.54. The Hall–Kier alpha value is -1.40. The SMILES string of the molecule is CCCOC(=O)C1C2C=CC(O2)C1C(=O)NCCNC. The zero-order chi connectivity index (χ0) is 14.5. The van der Waals surface area contributed by atoms with Gasteiger partial charge in [-0.05, 0) is 13.5 Å². The van der Waals surface area contributed by atoms with Crippen molar-refractivity contribution in [1.82, 2.24) is 10.6 Å². The van der Waals surface area contributed by atoms with Crippen LogP contribution in [0.1, 0.15) is 13.3 Å². The summed E-state index contributed by atoms with van der Waals surface area (Å²) in [4.78, 5) is 24.3. The molecule has 4 unspecified atom stereocenters. The quantitative estimate of drug-likeness (QED) is 0.386. The standard InChI is InChI=1S/C14H22N2O4/c1-3-8-19-14(18)12-10-5-4-9(20-10)11(12)13(17)16-7-6-15-2/h4-5,9-12,15H,3,6-8H2,1-2H3,(H,16,17). The molecule has 0 radical (unpaired) electrons. The fraction of sp³-hybridized carbons (Fsp3) is 0.714. The average Bonchev–Trinajstić information content (AvgIpc) is 3.05. The highest BCUT2D eigenvalue weighted by Crippen LogP contribution is 2.39. The van der Waals surface area contributed by atoms with Gasteiger partial charge in [-0.25, -0.2) is 0 Å². The number of rotatable bonds is 7. The zero-order valence-corrected chi connectivity index (χ0v) is 11.9. The van der Waals surface area contributed by atoms with Crippen molar-refractivity contribution in [2.45, 2.75) is 25.6 Å². The summed E-state index contributed by atoms with van der Waals surface area (Å²) >= 11 is 0. The molecule has 1 amide bonds. The molecule has 6 nitrogen and oxygen atoms in total. The summed E-state index contributed by atoms with van der Waals surface area (Å²) in [5.74, 6) is -1.48. The van der Waals surface area contributed by atoms with E-state index in [2.05, 4.69) is 10.6 Å². The third-order valence-corrected chi connectivity index (χ3v) is 3.60. The first-order valence-corrected chi connectivity index (χ1v) is 7.11. The van der Waals surface area contributed by atoms with E-state index < -0.39 is 11.8 Å². The van der Waals surface area contributed by atoms with Crippen LogP contribution in [0.25, 0.3) is 0 Å². The second kappa shape index (κ2) is 6.85. The lowest BCUT2D eigenvalue weighted by molar-refractivity contribution is -0.152. The van der Waals surface area contributed by atoms with Gasteiger partial charge in [-0.1, -0.05) is 19.1 Å². The fourth-order valence-electron chi connectivity index (χ4n) is 2.63. The van der Waals surface area contributed by atoms with Crippen molar-refractivity contribution in [3.63, 3.8) is 0 Å². The monoisotopic (exact) mass is 282 g/mol. The van der Waals surface area contributed by atoms with Gasteiger partial charge < -0.3 is 20.1 Å². The molecular weight excluding hydrogens is 260 g/mol. The van der Waals surface area contributed by atoms with E-state index >= 15 is 0 Å². The van der Waals surface area contributed by atoms with Gasteiger partial charge in [0.2, 0.25) is 5.91 Å². The summed E-state index contributed by atoms with van der Waals surface area (Å²) in [6.07, 6.45) is 3.83. The highest BCUT2D eigenvalue weighted by Gasteiger charge is 2.53. The van der Waals surface area contributed by atoms with Gasteiger partial charge in [-0.3, -0.25) is 9.59 Å². The Morgan fingerprint density at radius 2 is 1.90 bits per heavy atom. The predicted octanol–water partition coefficient (Wildman–Crippen LogP) is -0.155. The number of esters is 1. The molecule has 0 aromatic heterocycles. The second-order valence-electron chi connectivity index (χ2n) is 5.06. The van der Waals surface area contributed by atoms with Crippen molar-refractivity contribution in [1.29, 1.82) is 0 Å². The van der Waals surface area contributed by atoms with E-state index in [1.165, 1.54) is 0 Å². The summed E-state index contributed by atoms with van der Waals surface area (Å²) in [5.41, 5.74) is 0. The van der Waals surface area contributed by atoms with Crippen molar-refractivity contribution in [3.05, 3.63) is 12.2 Å². The Bertz CT molecular complexity index is 397. The number of fused-ring (bicyclic) bond motifs is 2. The van der Waals surface area contributed by atoms with Gasteiger partial charge in [0.15, 0.2) is 0 Å². The van der Waals surface area contributed by atoms with E-state index in [1.54, 1.807) is 0 Å². The lowest BCUT2D eigenvalue weighted by atomic mass is 9.82. The summed E-state index contributed by atoms with van der Waals surface area (Å²) in [6, 6.07) is 0. The Kier molecular flexibility index (Phi) is 5.14. The van der Waals surface area contributed by atoms with Gasteiger partial charge in [0.05, 0.1) is 24.7 Å². The Balaban J connectivity index is 1.99. The van der Waals surface area contributed by atoms with Crippen LogP contribution < -0.4 is 10.6 Å². The summed E-state index contributed by atoms with van der Waals surface area (Å²) in [5, 5.41) is 5.79. The molecule has 2 N–H and O–H groups in total. The van der Waals surface area contributed by atoms with Crippen molar-refractivity contribution < 1.29 is 19.1 Å². The van der Waals surface area contributed by atoms with Gasteiger partial charge in [-0.15, -0.1) is 0 Å². The smallest absolute Gasteiger partial charge is 0.312 e. The third kappa shape index (κ3) is 3.02. The Labute approximate surface area is 118 Å². The van der Waals surface area contributed by atoms with Crippen LogP contribution in [-0.4, -0.2) is 50.8 Å². The first kappa shape index (κ1) is 15.0. The predicted molar refractivity (Wildman–Crippen MR) is 73.0 cm³/mol. The molecule has 0 saturated carbocycles. The topological polar surface area (TPSA) is 76.7 Å². The molecule has 112 valence electrons. The second-order valence-corrected chi connectivity index (χ2v) is 5.06. The first-order chi connectivity index (χ1) is 9.69. The molecule has 6 heteroatoms. The molecular formula is C14H22N2O4. The number of nitrogens with one attached hydrogen (secondary N) is 2. The van der Waals surface area contributed by atoms with E-state index in [0.717, 1.165) is 6.42 Å². The maximum absolute atomic E-state index is 12.2. The van der Waals surface area contributed by atoms with E-state index in [4.69, 9.17) is 9.47 Å². The minimum absolute atomic E-state index is 0.143. The number of likely N-dealkylation sites (N-methyl/N-ethyl adjacent to an activating group) is 1. The summed E-state index contributed by atoms with van der Waals surface area (Å²) in [7, 11) is 1.82. The Morgan fingerprint density at radius 1 is 1.20 bits per heavy atom. The molecule has 2 rings (SSSR count). The van der Waals surface area contributed by atoms with Crippen LogP contribution in [0, 0.1) is 11.8 Å². The number of amides is 1. The van der Waals surface area contributed by atoms with Crippen molar-refractivity contribution in [3.8, 4) is 0 Å². The molecule has 2 bridgehead atoms. The number of ether oxygens (including phenoxy) is 2. The van der Waals surface area contributed by atoms with Crippen molar-refractivity contribution in [2.75, 3.05) is 26.7 Å². The third-order valence-electron chi connectivity index (χ3n) is 3.60. The van der Waals surface area contributed by atoms with E-state index in [0.29, 0.717) is 19.7 Å². The largest absolute Gasteiger partial charge is 0.465 e. The van der Waals surface area contributed by atoms with Gasteiger partial charge >= 0.3 is 5.97 Å². The normalized spacial score (nSPS) is 30.5. The van der Waals surface area contributed by atoms with Crippen LogP contribution in [0.3, 0.4) is 0 Å². The highest BCUT2D eigenvalue weighted by molar-refractivity contribution is 5.88. The van der Waals surface area contributed by atoms with Crippen LogP contribution >= 0.6 is 0 Å². The molecule has 2 heterocycles. The minimum atomic E-state index is -0.522. The molecule has 0 aromatic carbocycles. The highest BCUT2D eigenvalue weighted by atomic mass is 16.5. The molecule has 0 aliphatic carbocycles. The molecule has 2 aliphatic rings. The fourth-order valence-corrected chi connectivity index (χ4v) is 2.63. The molecule has 4 atom stereocenters. The maximum atomic E-state index is 12.2. The van der Waals surface area contributed by atoms with E-state index in [9.17, 15) is 9.59 Å². The van der Waals surface area contributed by atoms with E-state index in [-0.39, 0.29) is 24.1 Å². The molecule has 0 aromatic rings. The number of hydrogen-bond acceptors (Lipinski definition) is 5. The maximum Gasteiger partial charge on any atom is 0.312 e. The van der Waals surface area contributed by atoms with Crippen LogP contribution in [0.4, 0.5) is 0 Å². The Morgan fingerprint density at radius 3 is 2.55 bits per heavy atom. The molecule has 1 fully saturated rings. The van der Waals surface area contributed by atoms with Gasteiger partial charge in [0.1, 0.15) is 5.92 Å². The molecule has 2 aliphatic heterocycles. The molecule has 1 saturated heterocycles. The van der Waals surface area contributed by atoms with Crippen LogP contribution in [0.5, 0.6) is 0 Å².